The first-order valence-corrected chi connectivity index (χ1v) is 7.68. The molecule has 0 spiro atoms. The summed E-state index contributed by atoms with van der Waals surface area (Å²) in [4.78, 5) is 12.4. The second-order valence-electron chi connectivity index (χ2n) is 4.92. The molecule has 0 atom stereocenters. The highest BCUT2D eigenvalue weighted by atomic mass is 32.1. The number of hydrogen-bond acceptors (Lipinski definition) is 5. The van der Waals surface area contributed by atoms with Crippen LogP contribution in [-0.4, -0.2) is 24.9 Å². The summed E-state index contributed by atoms with van der Waals surface area (Å²) in [6.45, 7) is 0. The van der Waals surface area contributed by atoms with Crippen LogP contribution in [0.1, 0.15) is 10.5 Å². The summed E-state index contributed by atoms with van der Waals surface area (Å²) in [6.07, 6.45) is 0. The molecule has 0 aliphatic heterocycles. The van der Waals surface area contributed by atoms with Gasteiger partial charge in [0.15, 0.2) is 0 Å². The van der Waals surface area contributed by atoms with Crippen molar-refractivity contribution in [2.75, 3.05) is 5.32 Å². The highest BCUT2D eigenvalue weighted by molar-refractivity contribution is 7.00. The average molecular weight is 321 g/mol. The van der Waals surface area contributed by atoms with Gasteiger partial charge < -0.3 is 5.32 Å². The highest BCUT2D eigenvalue weighted by Gasteiger charge is 2.13. The third-order valence-electron chi connectivity index (χ3n) is 3.43. The Morgan fingerprint density at radius 3 is 2.78 bits per heavy atom. The van der Waals surface area contributed by atoms with Crippen molar-refractivity contribution in [3.8, 4) is 11.3 Å². The third kappa shape index (κ3) is 2.58. The quantitative estimate of drug-likeness (QED) is 0.606. The Hall–Kier alpha value is -3.06. The highest BCUT2D eigenvalue weighted by Crippen LogP contribution is 2.22. The molecule has 6 nitrogen and oxygen atoms in total. The predicted octanol–water partition coefficient (Wildman–Crippen LogP) is 3.33. The number of hydrogen-bond donors (Lipinski definition) is 2. The van der Waals surface area contributed by atoms with E-state index in [4.69, 9.17) is 0 Å². The average Bonchev–Trinajstić information content (AvgIpc) is 3.25. The number of nitrogens with one attached hydrogen (secondary N) is 2. The van der Waals surface area contributed by atoms with Crippen molar-refractivity contribution in [1.82, 2.24) is 18.9 Å². The van der Waals surface area contributed by atoms with Crippen LogP contribution < -0.4 is 5.32 Å². The molecule has 0 aliphatic rings. The number of aromatic amines is 1. The summed E-state index contributed by atoms with van der Waals surface area (Å²) in [7, 11) is 0. The van der Waals surface area contributed by atoms with Gasteiger partial charge in [0.25, 0.3) is 5.91 Å². The number of benzene rings is 2. The summed E-state index contributed by atoms with van der Waals surface area (Å²) < 4.78 is 8.37. The molecule has 23 heavy (non-hydrogen) atoms. The first-order valence-electron chi connectivity index (χ1n) is 6.95. The topological polar surface area (TPSA) is 83.6 Å². The van der Waals surface area contributed by atoms with Crippen LogP contribution in [0.4, 0.5) is 5.69 Å². The van der Waals surface area contributed by atoms with Crippen LogP contribution in [0.25, 0.3) is 22.3 Å². The number of fused-ring (bicyclic) bond motifs is 1. The van der Waals surface area contributed by atoms with Crippen molar-refractivity contribution in [1.29, 1.82) is 0 Å². The lowest BCUT2D eigenvalue weighted by molar-refractivity contribution is 0.102. The number of nitrogens with zero attached hydrogens (tertiary/aromatic N) is 3. The number of amides is 1. The Morgan fingerprint density at radius 2 is 1.91 bits per heavy atom. The minimum absolute atomic E-state index is 0.264. The lowest BCUT2D eigenvalue weighted by atomic mass is 10.1. The van der Waals surface area contributed by atoms with Gasteiger partial charge in [-0.15, -0.1) is 0 Å². The Labute approximate surface area is 135 Å². The van der Waals surface area contributed by atoms with Crippen molar-refractivity contribution >= 4 is 34.4 Å². The fourth-order valence-electron chi connectivity index (χ4n) is 2.29. The van der Waals surface area contributed by atoms with Crippen molar-refractivity contribution in [3.63, 3.8) is 0 Å². The molecule has 2 N–H and O–H groups in total. The van der Waals surface area contributed by atoms with Crippen molar-refractivity contribution in [2.24, 2.45) is 0 Å². The Morgan fingerprint density at radius 1 is 1.04 bits per heavy atom. The maximum atomic E-state index is 12.4. The number of carbonyl (C=O) groups is 1. The van der Waals surface area contributed by atoms with E-state index >= 15 is 0 Å². The van der Waals surface area contributed by atoms with E-state index in [1.807, 2.05) is 42.5 Å². The predicted molar refractivity (Wildman–Crippen MR) is 89.4 cm³/mol. The molecule has 2 aromatic heterocycles. The Bertz CT molecular complexity index is 976. The first-order chi connectivity index (χ1) is 11.3. The lowest BCUT2D eigenvalue weighted by Crippen LogP contribution is -2.12. The molecule has 0 saturated heterocycles. The minimum atomic E-state index is -0.264. The molecule has 4 rings (SSSR count). The summed E-state index contributed by atoms with van der Waals surface area (Å²) in [5, 5.41) is 9.81. The molecule has 4 aromatic rings. The van der Waals surface area contributed by atoms with Gasteiger partial charge in [0, 0.05) is 5.56 Å². The number of rotatable bonds is 3. The van der Waals surface area contributed by atoms with Crippen molar-refractivity contribution in [2.45, 2.75) is 0 Å². The summed E-state index contributed by atoms with van der Waals surface area (Å²) in [5.74, 6) is -0.264. The van der Waals surface area contributed by atoms with Gasteiger partial charge in [-0.3, -0.25) is 9.89 Å². The van der Waals surface area contributed by atoms with Crippen LogP contribution in [0.15, 0.2) is 54.6 Å². The van der Waals surface area contributed by atoms with Gasteiger partial charge in [0.05, 0.1) is 23.1 Å². The summed E-state index contributed by atoms with van der Waals surface area (Å²) in [5.41, 5.74) is 4.16. The van der Waals surface area contributed by atoms with E-state index in [0.717, 1.165) is 28.5 Å². The Balaban J connectivity index is 1.60. The van der Waals surface area contributed by atoms with Crippen molar-refractivity contribution in [3.05, 3.63) is 60.3 Å². The second-order valence-corrected chi connectivity index (χ2v) is 5.45. The maximum Gasteiger partial charge on any atom is 0.273 e. The van der Waals surface area contributed by atoms with Gasteiger partial charge in [-0.25, -0.2) is 0 Å². The molecule has 0 radical (unpaired) electrons. The fourth-order valence-corrected chi connectivity index (χ4v) is 2.84. The number of H-pyrrole nitrogens is 1. The molecular formula is C16H11N5OS. The van der Waals surface area contributed by atoms with E-state index in [0.29, 0.717) is 16.9 Å². The van der Waals surface area contributed by atoms with E-state index in [-0.39, 0.29) is 5.91 Å². The monoisotopic (exact) mass is 321 g/mol. The first kappa shape index (κ1) is 13.6. The summed E-state index contributed by atoms with van der Waals surface area (Å²) in [6, 6.07) is 16.9. The molecular weight excluding hydrogens is 310 g/mol. The van der Waals surface area contributed by atoms with Crippen LogP contribution in [0.2, 0.25) is 0 Å². The van der Waals surface area contributed by atoms with Gasteiger partial charge in [0.1, 0.15) is 16.7 Å². The molecule has 0 bridgehead atoms. The minimum Gasteiger partial charge on any atom is -0.319 e. The third-order valence-corrected chi connectivity index (χ3v) is 3.97. The van der Waals surface area contributed by atoms with E-state index in [1.54, 1.807) is 12.1 Å². The molecule has 0 aliphatic carbocycles. The maximum absolute atomic E-state index is 12.4. The van der Waals surface area contributed by atoms with Gasteiger partial charge in [-0.05, 0) is 18.2 Å². The summed E-state index contributed by atoms with van der Waals surface area (Å²) >= 11 is 1.12. The molecule has 7 heteroatoms. The molecule has 1 amide bonds. The van der Waals surface area contributed by atoms with E-state index in [2.05, 4.69) is 24.3 Å². The molecule has 112 valence electrons. The van der Waals surface area contributed by atoms with Crippen LogP contribution in [0.5, 0.6) is 0 Å². The number of aromatic nitrogens is 4. The molecule has 2 heterocycles. The van der Waals surface area contributed by atoms with E-state index in [9.17, 15) is 4.79 Å². The SMILES string of the molecule is O=C(Nc1cccc2nsnc12)c1cc(-c2ccccc2)n[nH]1. The van der Waals surface area contributed by atoms with Gasteiger partial charge in [-0.1, -0.05) is 36.4 Å². The fraction of sp³-hybridized carbons (Fsp3) is 0. The van der Waals surface area contributed by atoms with Gasteiger partial charge in [0.2, 0.25) is 0 Å². The lowest BCUT2D eigenvalue weighted by Gasteiger charge is -2.03. The van der Waals surface area contributed by atoms with Crippen LogP contribution >= 0.6 is 11.7 Å². The second kappa shape index (κ2) is 5.62. The van der Waals surface area contributed by atoms with E-state index < -0.39 is 0 Å². The van der Waals surface area contributed by atoms with Crippen LogP contribution in [-0.2, 0) is 0 Å². The zero-order chi connectivity index (χ0) is 15.6. The smallest absolute Gasteiger partial charge is 0.273 e. The van der Waals surface area contributed by atoms with Crippen LogP contribution in [0.3, 0.4) is 0 Å². The Kier molecular flexibility index (Phi) is 3.32. The number of carbonyl (C=O) groups excluding carboxylic acids is 1. The molecule has 0 unspecified atom stereocenters. The molecule has 0 fully saturated rings. The zero-order valence-electron chi connectivity index (χ0n) is 11.9. The van der Waals surface area contributed by atoms with E-state index in [1.165, 1.54) is 0 Å². The standard InChI is InChI=1S/C16H11N5OS/c22-16(17-11-7-4-8-12-15(11)21-23-20-12)14-9-13(18-19-14)10-5-2-1-3-6-10/h1-9H,(H,17,22)(H,18,19). The van der Waals surface area contributed by atoms with Gasteiger partial charge in [-0.2, -0.15) is 13.8 Å². The molecule has 0 saturated carbocycles. The van der Waals surface area contributed by atoms with Crippen LogP contribution in [0, 0.1) is 0 Å². The van der Waals surface area contributed by atoms with Crippen molar-refractivity contribution < 1.29 is 4.79 Å². The zero-order valence-corrected chi connectivity index (χ0v) is 12.7. The number of anilines is 1. The molecule has 2 aromatic carbocycles. The normalized spacial score (nSPS) is 10.8. The van der Waals surface area contributed by atoms with Gasteiger partial charge >= 0.3 is 0 Å². The largest absolute Gasteiger partial charge is 0.319 e.